The van der Waals surface area contributed by atoms with Crippen molar-refractivity contribution in [2.24, 2.45) is 11.1 Å². The third-order valence-corrected chi connectivity index (χ3v) is 4.36. The van der Waals surface area contributed by atoms with Gasteiger partial charge in [0.2, 0.25) is 0 Å². The maximum Gasteiger partial charge on any atom is 0.341 e. The van der Waals surface area contributed by atoms with Crippen molar-refractivity contribution in [3.63, 3.8) is 0 Å². The molecule has 1 N–H and O–H groups in total. The molecular formula is C16H17NO6. The summed E-state index contributed by atoms with van der Waals surface area (Å²) in [5.74, 6) is -1.24. The third-order valence-electron chi connectivity index (χ3n) is 4.36. The molecule has 2 aliphatic rings. The van der Waals surface area contributed by atoms with Gasteiger partial charge in [0, 0.05) is 24.8 Å². The maximum absolute atomic E-state index is 11.8. The number of carbonyl (C=O) groups is 2. The number of benzene rings is 1. The lowest BCUT2D eigenvalue weighted by Gasteiger charge is -2.40. The molecule has 1 aliphatic carbocycles. The number of carbonyl (C=O) groups excluding carboxylic acids is 1. The van der Waals surface area contributed by atoms with Crippen LogP contribution in [0, 0.1) is 5.92 Å². The Morgan fingerprint density at radius 2 is 2.09 bits per heavy atom. The summed E-state index contributed by atoms with van der Waals surface area (Å²) in [6, 6.07) is 5.12. The van der Waals surface area contributed by atoms with E-state index in [-0.39, 0.29) is 5.92 Å². The van der Waals surface area contributed by atoms with E-state index in [2.05, 4.69) is 5.16 Å². The van der Waals surface area contributed by atoms with E-state index in [9.17, 15) is 9.59 Å². The van der Waals surface area contributed by atoms with Crippen molar-refractivity contribution in [2.45, 2.75) is 24.9 Å². The summed E-state index contributed by atoms with van der Waals surface area (Å²) in [5.41, 5.74) is 1.24. The lowest BCUT2D eigenvalue weighted by Crippen LogP contribution is -2.47. The van der Waals surface area contributed by atoms with Gasteiger partial charge < -0.3 is 19.4 Å². The number of methoxy groups -OCH3 is 2. The predicted octanol–water partition coefficient (Wildman–Crippen LogP) is 1.84. The zero-order valence-electron chi connectivity index (χ0n) is 12.9. The largest absolute Gasteiger partial charge is 0.496 e. The molecule has 7 heteroatoms. The number of ether oxygens (including phenoxy) is 2. The van der Waals surface area contributed by atoms with Crippen LogP contribution in [0.2, 0.25) is 0 Å². The summed E-state index contributed by atoms with van der Waals surface area (Å²) in [7, 11) is 2.78. The van der Waals surface area contributed by atoms with Crippen LogP contribution in [0.4, 0.5) is 0 Å². The molecule has 0 atom stereocenters. The first-order chi connectivity index (χ1) is 11.0. The molecule has 0 aromatic heterocycles. The Balaban J connectivity index is 1.79. The van der Waals surface area contributed by atoms with Crippen LogP contribution in [0.15, 0.2) is 23.4 Å². The summed E-state index contributed by atoms with van der Waals surface area (Å²) in [6.07, 6.45) is 1.44. The van der Waals surface area contributed by atoms with Crippen LogP contribution in [0.5, 0.6) is 5.75 Å². The zero-order valence-corrected chi connectivity index (χ0v) is 12.9. The fourth-order valence-corrected chi connectivity index (χ4v) is 3.07. The van der Waals surface area contributed by atoms with Crippen LogP contribution >= 0.6 is 0 Å². The first-order valence-corrected chi connectivity index (χ1v) is 7.22. The Morgan fingerprint density at radius 3 is 2.70 bits per heavy atom. The monoisotopic (exact) mass is 319 g/mol. The van der Waals surface area contributed by atoms with Gasteiger partial charge in [-0.3, -0.25) is 4.79 Å². The first kappa shape index (κ1) is 15.3. The Kier molecular flexibility index (Phi) is 3.71. The number of rotatable bonds is 4. The quantitative estimate of drug-likeness (QED) is 0.851. The normalized spacial score (nSPS) is 25.3. The summed E-state index contributed by atoms with van der Waals surface area (Å²) in [6.45, 7) is 0. The van der Waals surface area contributed by atoms with Gasteiger partial charge in [0.15, 0.2) is 0 Å². The molecule has 23 heavy (non-hydrogen) atoms. The minimum absolute atomic E-state index is 0.313. The van der Waals surface area contributed by atoms with Gasteiger partial charge in [0.25, 0.3) is 0 Å². The molecule has 1 spiro atoms. The van der Waals surface area contributed by atoms with Gasteiger partial charge in [-0.25, -0.2) is 4.79 Å². The topological polar surface area (TPSA) is 94.4 Å². The SMILES string of the molecule is COC(=O)c1cc(C2=NOC3(C2)CC(C(=O)O)C3)ccc1OC. The summed E-state index contributed by atoms with van der Waals surface area (Å²) >= 11 is 0. The van der Waals surface area contributed by atoms with Crippen LogP contribution < -0.4 is 4.74 Å². The van der Waals surface area contributed by atoms with Crippen molar-refractivity contribution >= 4 is 17.7 Å². The van der Waals surface area contributed by atoms with Crippen molar-refractivity contribution in [1.82, 2.24) is 0 Å². The van der Waals surface area contributed by atoms with Gasteiger partial charge in [0.1, 0.15) is 16.9 Å². The Bertz CT molecular complexity index is 690. The van der Waals surface area contributed by atoms with Crippen LogP contribution in [-0.4, -0.2) is 42.6 Å². The van der Waals surface area contributed by atoms with Crippen molar-refractivity contribution in [2.75, 3.05) is 14.2 Å². The van der Waals surface area contributed by atoms with Gasteiger partial charge in [0.05, 0.1) is 25.8 Å². The van der Waals surface area contributed by atoms with Crippen molar-refractivity contribution in [3.8, 4) is 5.75 Å². The molecule has 3 rings (SSSR count). The summed E-state index contributed by atoms with van der Waals surface area (Å²) < 4.78 is 9.92. The number of hydrogen-bond donors (Lipinski definition) is 1. The van der Waals surface area contributed by atoms with Crippen molar-refractivity contribution < 1.29 is 29.0 Å². The van der Waals surface area contributed by atoms with Crippen LogP contribution in [0.25, 0.3) is 0 Å². The second-order valence-electron chi connectivity index (χ2n) is 5.84. The highest BCUT2D eigenvalue weighted by atomic mass is 16.7. The van der Waals surface area contributed by atoms with Gasteiger partial charge in [-0.2, -0.15) is 0 Å². The molecule has 7 nitrogen and oxygen atoms in total. The number of oxime groups is 1. The molecule has 1 aromatic carbocycles. The summed E-state index contributed by atoms with van der Waals surface area (Å²) in [4.78, 5) is 28.3. The molecule has 0 unspecified atom stereocenters. The molecule has 0 saturated heterocycles. The van der Waals surface area contributed by atoms with Crippen LogP contribution in [0.3, 0.4) is 0 Å². The van der Waals surface area contributed by atoms with Gasteiger partial charge >= 0.3 is 11.9 Å². The highest BCUT2D eigenvalue weighted by Gasteiger charge is 2.53. The smallest absolute Gasteiger partial charge is 0.341 e. The number of aliphatic carboxylic acids is 1. The molecular weight excluding hydrogens is 302 g/mol. The van der Waals surface area contributed by atoms with E-state index >= 15 is 0 Å². The van der Waals surface area contributed by atoms with Crippen molar-refractivity contribution in [1.29, 1.82) is 0 Å². The van der Waals surface area contributed by atoms with E-state index in [1.165, 1.54) is 14.2 Å². The number of esters is 1. The summed E-state index contributed by atoms with van der Waals surface area (Å²) in [5, 5.41) is 13.1. The third kappa shape index (κ3) is 2.62. The molecule has 1 aromatic rings. The molecule has 1 aliphatic heterocycles. The number of carboxylic acids is 1. The first-order valence-electron chi connectivity index (χ1n) is 7.22. The highest BCUT2D eigenvalue weighted by Crippen LogP contribution is 2.47. The second-order valence-corrected chi connectivity index (χ2v) is 5.84. The Hall–Kier alpha value is -2.57. The standard InChI is InChI=1S/C16H17NO6/c1-21-13-4-3-9(5-11(13)15(20)22-2)12-8-16(23-17-12)6-10(7-16)14(18)19/h3-5,10H,6-8H2,1-2H3,(H,18,19). The molecule has 0 amide bonds. The average Bonchev–Trinajstić information content (AvgIpc) is 2.97. The fourth-order valence-electron chi connectivity index (χ4n) is 3.07. The fraction of sp³-hybridized carbons (Fsp3) is 0.438. The van der Waals surface area contributed by atoms with Crippen LogP contribution in [-0.2, 0) is 14.4 Å². The Morgan fingerprint density at radius 1 is 1.35 bits per heavy atom. The number of hydrogen-bond acceptors (Lipinski definition) is 6. The molecule has 0 radical (unpaired) electrons. The van der Waals surface area contributed by atoms with E-state index < -0.39 is 17.5 Å². The molecule has 1 saturated carbocycles. The van der Waals surface area contributed by atoms with E-state index in [1.807, 2.05) is 0 Å². The zero-order chi connectivity index (χ0) is 16.6. The lowest BCUT2D eigenvalue weighted by molar-refractivity contribution is -0.162. The van der Waals surface area contributed by atoms with Crippen molar-refractivity contribution in [3.05, 3.63) is 29.3 Å². The predicted molar refractivity (Wildman–Crippen MR) is 79.7 cm³/mol. The average molecular weight is 319 g/mol. The molecule has 0 bridgehead atoms. The minimum Gasteiger partial charge on any atom is -0.496 e. The van der Waals surface area contributed by atoms with Gasteiger partial charge in [-0.05, 0) is 18.2 Å². The van der Waals surface area contributed by atoms with E-state index in [4.69, 9.17) is 19.4 Å². The lowest BCUT2D eigenvalue weighted by atomic mass is 9.68. The van der Waals surface area contributed by atoms with E-state index in [0.717, 1.165) is 5.56 Å². The number of nitrogens with zero attached hydrogens (tertiary/aromatic N) is 1. The van der Waals surface area contributed by atoms with Crippen LogP contribution in [0.1, 0.15) is 35.2 Å². The number of carboxylic acid groups (broad SMARTS) is 1. The Labute approximate surface area is 132 Å². The molecule has 1 fully saturated rings. The maximum atomic E-state index is 11.8. The minimum atomic E-state index is -0.801. The van der Waals surface area contributed by atoms with E-state index in [1.54, 1.807) is 18.2 Å². The molecule has 122 valence electrons. The molecule has 1 heterocycles. The van der Waals surface area contributed by atoms with Gasteiger partial charge in [-0.1, -0.05) is 5.16 Å². The van der Waals surface area contributed by atoms with Gasteiger partial charge in [-0.15, -0.1) is 0 Å². The van der Waals surface area contributed by atoms with E-state index in [0.29, 0.717) is 36.3 Å². The second kappa shape index (κ2) is 5.57. The highest BCUT2D eigenvalue weighted by molar-refractivity contribution is 6.04.